The summed E-state index contributed by atoms with van der Waals surface area (Å²) in [6.07, 6.45) is 3.95. The van der Waals surface area contributed by atoms with Crippen LogP contribution in [0.2, 0.25) is 0 Å². The summed E-state index contributed by atoms with van der Waals surface area (Å²) >= 11 is 1.82. The molecule has 1 N–H and O–H groups in total. The second-order valence-corrected chi connectivity index (χ2v) is 11.0. The number of thioether (sulfide) groups is 1. The maximum Gasteiger partial charge on any atom is 0.220 e. The van der Waals surface area contributed by atoms with Crippen molar-refractivity contribution in [1.29, 1.82) is 0 Å². The van der Waals surface area contributed by atoms with Crippen molar-refractivity contribution in [3.63, 3.8) is 0 Å². The molecule has 1 saturated heterocycles. The molecular formula is C22H27NO4S2. The van der Waals surface area contributed by atoms with Crippen LogP contribution in [0.3, 0.4) is 0 Å². The van der Waals surface area contributed by atoms with Gasteiger partial charge in [0.25, 0.3) is 0 Å². The van der Waals surface area contributed by atoms with Gasteiger partial charge in [0.2, 0.25) is 5.91 Å². The molecule has 2 aromatic carbocycles. The van der Waals surface area contributed by atoms with Crippen LogP contribution in [-0.2, 0) is 25.8 Å². The summed E-state index contributed by atoms with van der Waals surface area (Å²) in [6.45, 7) is 2.03. The van der Waals surface area contributed by atoms with Gasteiger partial charge in [-0.2, -0.15) is 0 Å². The lowest BCUT2D eigenvalue weighted by Gasteiger charge is -2.36. The second-order valence-electron chi connectivity index (χ2n) is 7.40. The highest BCUT2D eigenvalue weighted by Crippen LogP contribution is 2.40. The zero-order valence-electron chi connectivity index (χ0n) is 16.6. The van der Waals surface area contributed by atoms with Crippen LogP contribution in [0, 0.1) is 0 Å². The first-order valence-electron chi connectivity index (χ1n) is 9.74. The largest absolute Gasteiger partial charge is 0.381 e. The molecule has 2 aromatic rings. The summed E-state index contributed by atoms with van der Waals surface area (Å²) in [4.78, 5) is 13.9. The van der Waals surface area contributed by atoms with Crippen LogP contribution in [0.1, 0.15) is 24.8 Å². The summed E-state index contributed by atoms with van der Waals surface area (Å²) < 4.78 is 28.6. The van der Waals surface area contributed by atoms with E-state index in [0.29, 0.717) is 37.5 Å². The molecule has 0 saturated carbocycles. The molecule has 5 nitrogen and oxygen atoms in total. The molecule has 29 heavy (non-hydrogen) atoms. The Labute approximate surface area is 177 Å². The molecule has 0 radical (unpaired) electrons. The van der Waals surface area contributed by atoms with E-state index in [2.05, 4.69) is 17.4 Å². The quantitative estimate of drug-likeness (QED) is 0.690. The summed E-state index contributed by atoms with van der Waals surface area (Å²) in [7, 11) is -3.20. The van der Waals surface area contributed by atoms with Crippen molar-refractivity contribution in [2.24, 2.45) is 0 Å². The highest BCUT2D eigenvalue weighted by molar-refractivity contribution is 8.00. The Morgan fingerprint density at radius 1 is 1.07 bits per heavy atom. The van der Waals surface area contributed by atoms with E-state index in [4.69, 9.17) is 4.74 Å². The highest BCUT2D eigenvalue weighted by atomic mass is 32.2. The number of amides is 1. The summed E-state index contributed by atoms with van der Waals surface area (Å²) in [5.74, 6) is 0.0109. The lowest BCUT2D eigenvalue weighted by Crippen LogP contribution is -2.44. The third kappa shape index (κ3) is 6.59. The molecule has 0 aromatic heterocycles. The van der Waals surface area contributed by atoms with E-state index in [1.54, 1.807) is 24.3 Å². The molecule has 0 unspecified atom stereocenters. The number of benzene rings is 2. The van der Waals surface area contributed by atoms with Gasteiger partial charge in [-0.05, 0) is 49.1 Å². The van der Waals surface area contributed by atoms with Crippen molar-refractivity contribution < 1.29 is 17.9 Å². The molecule has 1 amide bonds. The van der Waals surface area contributed by atoms with Crippen molar-refractivity contribution in [3.8, 4) is 0 Å². The Kier molecular flexibility index (Phi) is 7.38. The van der Waals surface area contributed by atoms with Crippen molar-refractivity contribution in [1.82, 2.24) is 5.32 Å². The maximum absolute atomic E-state index is 12.4. The first-order chi connectivity index (χ1) is 13.9. The van der Waals surface area contributed by atoms with Crippen molar-refractivity contribution in [2.45, 2.75) is 40.2 Å². The fourth-order valence-corrected chi connectivity index (χ4v) is 5.24. The summed E-state index contributed by atoms with van der Waals surface area (Å²) in [5, 5.41) is 3.11. The van der Waals surface area contributed by atoms with Crippen LogP contribution >= 0.6 is 11.8 Å². The Morgan fingerprint density at radius 2 is 1.72 bits per heavy atom. The monoisotopic (exact) mass is 433 g/mol. The van der Waals surface area contributed by atoms with Gasteiger partial charge in [-0.3, -0.25) is 4.79 Å². The Morgan fingerprint density at radius 3 is 2.34 bits per heavy atom. The van der Waals surface area contributed by atoms with Gasteiger partial charge in [-0.15, -0.1) is 11.8 Å². The lowest BCUT2D eigenvalue weighted by molar-refractivity contribution is -0.121. The molecule has 1 fully saturated rings. The van der Waals surface area contributed by atoms with Gasteiger partial charge in [0, 0.05) is 42.1 Å². The van der Waals surface area contributed by atoms with E-state index in [1.165, 1.54) is 11.2 Å². The minimum Gasteiger partial charge on any atom is -0.381 e. The molecule has 7 heteroatoms. The van der Waals surface area contributed by atoms with Gasteiger partial charge in [-0.1, -0.05) is 30.3 Å². The zero-order valence-corrected chi connectivity index (χ0v) is 18.2. The molecule has 0 spiro atoms. The van der Waals surface area contributed by atoms with Gasteiger partial charge < -0.3 is 10.1 Å². The van der Waals surface area contributed by atoms with Crippen LogP contribution in [0.25, 0.3) is 0 Å². The van der Waals surface area contributed by atoms with Gasteiger partial charge in [-0.25, -0.2) is 8.42 Å². The first kappa shape index (κ1) is 21.9. The number of carbonyl (C=O) groups is 1. The SMILES string of the molecule is CS(=O)(=O)c1ccc(CCC(=O)NCC2(Sc3ccccc3)CCOCC2)cc1. The van der Waals surface area contributed by atoms with E-state index in [-0.39, 0.29) is 10.7 Å². The number of rotatable bonds is 8. The smallest absolute Gasteiger partial charge is 0.220 e. The number of hydrogen-bond acceptors (Lipinski definition) is 5. The molecular weight excluding hydrogens is 406 g/mol. The van der Waals surface area contributed by atoms with Crippen molar-refractivity contribution in [3.05, 3.63) is 60.2 Å². The van der Waals surface area contributed by atoms with E-state index < -0.39 is 9.84 Å². The minimum absolute atomic E-state index is 0.0109. The lowest BCUT2D eigenvalue weighted by atomic mass is 9.99. The standard InChI is InChI=1S/C22H27NO4S2/c1-29(25,26)20-10-7-18(8-11-20)9-12-21(24)23-17-22(13-15-27-16-14-22)28-19-5-3-2-4-6-19/h2-8,10-11H,9,12-17H2,1H3,(H,23,24). The number of hydrogen-bond donors (Lipinski definition) is 1. The average Bonchev–Trinajstić information content (AvgIpc) is 2.72. The number of ether oxygens (including phenoxy) is 1. The van der Waals surface area contributed by atoms with E-state index in [9.17, 15) is 13.2 Å². The molecule has 1 aliphatic rings. The van der Waals surface area contributed by atoms with E-state index in [1.807, 2.05) is 30.0 Å². The average molecular weight is 434 g/mol. The Bertz CT molecular complexity index is 906. The highest BCUT2D eigenvalue weighted by Gasteiger charge is 2.34. The predicted molar refractivity (Wildman–Crippen MR) is 116 cm³/mol. The predicted octanol–water partition coefficient (Wildman–Crippen LogP) is 3.48. The molecule has 0 bridgehead atoms. The molecule has 0 aliphatic carbocycles. The molecule has 1 heterocycles. The number of sulfone groups is 1. The Hall–Kier alpha value is -1.83. The summed E-state index contributed by atoms with van der Waals surface area (Å²) in [5.41, 5.74) is 0.951. The molecule has 3 rings (SSSR count). The van der Waals surface area contributed by atoms with Crippen molar-refractivity contribution in [2.75, 3.05) is 26.0 Å². The van der Waals surface area contributed by atoms with E-state index in [0.717, 1.165) is 18.4 Å². The van der Waals surface area contributed by atoms with Gasteiger partial charge in [0.1, 0.15) is 0 Å². The fourth-order valence-electron chi connectivity index (χ4n) is 3.31. The maximum atomic E-state index is 12.4. The third-order valence-corrected chi connectivity index (χ3v) is 7.70. The molecule has 1 aliphatic heterocycles. The normalized spacial score (nSPS) is 16.3. The van der Waals surface area contributed by atoms with Crippen LogP contribution in [0.5, 0.6) is 0 Å². The summed E-state index contributed by atoms with van der Waals surface area (Å²) in [6, 6.07) is 17.0. The van der Waals surface area contributed by atoms with Gasteiger partial charge in [0.15, 0.2) is 9.84 Å². The number of aryl methyl sites for hydroxylation is 1. The van der Waals surface area contributed by atoms with Gasteiger partial charge >= 0.3 is 0 Å². The van der Waals surface area contributed by atoms with Gasteiger partial charge in [0.05, 0.1) is 4.90 Å². The fraction of sp³-hybridized carbons (Fsp3) is 0.409. The van der Waals surface area contributed by atoms with Crippen molar-refractivity contribution >= 4 is 27.5 Å². The number of carbonyl (C=O) groups excluding carboxylic acids is 1. The van der Waals surface area contributed by atoms with Crippen LogP contribution < -0.4 is 5.32 Å². The topological polar surface area (TPSA) is 72.5 Å². The minimum atomic E-state index is -3.20. The van der Waals surface area contributed by atoms with Crippen LogP contribution in [0.4, 0.5) is 0 Å². The second kappa shape index (κ2) is 9.78. The van der Waals surface area contributed by atoms with Crippen LogP contribution in [-0.4, -0.2) is 45.1 Å². The van der Waals surface area contributed by atoms with Crippen LogP contribution in [0.15, 0.2) is 64.4 Å². The Balaban J connectivity index is 1.53. The zero-order chi connectivity index (χ0) is 20.7. The third-order valence-electron chi connectivity index (χ3n) is 5.08. The molecule has 0 atom stereocenters. The first-order valence-corrected chi connectivity index (χ1v) is 12.4. The molecule has 156 valence electrons. The number of nitrogens with one attached hydrogen (secondary N) is 1. The van der Waals surface area contributed by atoms with E-state index >= 15 is 0 Å².